The maximum absolute atomic E-state index is 13.8. The third-order valence-electron chi connectivity index (χ3n) is 6.02. The van der Waals surface area contributed by atoms with E-state index in [1.807, 2.05) is 42.3 Å². The molecule has 0 aliphatic carbocycles. The van der Waals surface area contributed by atoms with E-state index in [0.29, 0.717) is 0 Å². The van der Waals surface area contributed by atoms with Crippen LogP contribution in [0.3, 0.4) is 0 Å². The minimum atomic E-state index is -0.860. The number of rotatable bonds is 10. The Morgan fingerprint density at radius 3 is 1.55 bits per heavy atom. The smallest absolute Gasteiger partial charge is 0.841 e. The second-order valence-corrected chi connectivity index (χ2v) is 8.38. The monoisotopic (exact) mass is 428 g/mol. The Morgan fingerprint density at radius 1 is 0.697 bits per heavy atom. The van der Waals surface area contributed by atoms with E-state index in [4.69, 9.17) is 0 Å². The second kappa shape index (κ2) is 14.8. The Balaban J connectivity index is 0.00000272. The summed E-state index contributed by atoms with van der Waals surface area (Å²) in [7, 11) is 6.17. The van der Waals surface area contributed by atoms with E-state index in [1.165, 1.54) is 5.56 Å². The van der Waals surface area contributed by atoms with Gasteiger partial charge in [-0.1, -0.05) is 92.2 Å². The molecule has 3 rings (SSSR count). The molecule has 0 aliphatic heterocycles. The van der Waals surface area contributed by atoms with Gasteiger partial charge in [-0.25, -0.2) is 0 Å². The first-order valence-electron chi connectivity index (χ1n) is 11.1. The standard InChI is InChI=1S/C28H34N2O.2Li/c1-5-23(21-22-15-9-6-10-16-22)28(31)30(4)27(25-19-13-8-14-20-25)26(29(2)3)24-17-11-7-12-18-24;;/h6-21,23,26-28H,5H2,1-4H3;;/q-2;2*+1/t23?,26-,27-,28?;;/m1../s1. The maximum atomic E-state index is 13.8. The fourth-order valence-corrected chi connectivity index (χ4v) is 4.38. The topological polar surface area (TPSA) is 29.5 Å². The summed E-state index contributed by atoms with van der Waals surface area (Å²) >= 11 is 0. The van der Waals surface area contributed by atoms with Crippen molar-refractivity contribution in [3.05, 3.63) is 114 Å². The van der Waals surface area contributed by atoms with Crippen LogP contribution in [0.25, 0.3) is 0 Å². The summed E-state index contributed by atoms with van der Waals surface area (Å²) in [4.78, 5) is 4.25. The zero-order valence-electron chi connectivity index (χ0n) is 21.1. The van der Waals surface area contributed by atoms with Crippen LogP contribution in [0.15, 0.2) is 91.0 Å². The molecule has 3 nitrogen and oxygen atoms in total. The molecule has 0 aliphatic rings. The Kier molecular flexibility index (Phi) is 13.3. The molecule has 0 bridgehead atoms. The summed E-state index contributed by atoms with van der Waals surface area (Å²) in [5.41, 5.74) is 3.47. The molecule has 0 N–H and O–H groups in total. The van der Waals surface area contributed by atoms with E-state index < -0.39 is 6.23 Å². The van der Waals surface area contributed by atoms with Crippen LogP contribution in [0.5, 0.6) is 0 Å². The van der Waals surface area contributed by atoms with Crippen molar-refractivity contribution in [2.45, 2.75) is 31.7 Å². The molecular formula is C28H34Li2N2O. The molecule has 0 fully saturated rings. The van der Waals surface area contributed by atoms with Crippen LogP contribution in [-0.2, 0) is 0 Å². The predicted molar refractivity (Wildman–Crippen MR) is 127 cm³/mol. The molecule has 0 saturated carbocycles. The van der Waals surface area contributed by atoms with Gasteiger partial charge in [0.15, 0.2) is 0 Å². The molecule has 3 aromatic carbocycles. The van der Waals surface area contributed by atoms with Crippen LogP contribution in [-0.4, -0.2) is 37.2 Å². The van der Waals surface area contributed by atoms with Gasteiger partial charge < -0.3 is 14.9 Å². The van der Waals surface area contributed by atoms with Crippen molar-refractivity contribution in [1.82, 2.24) is 9.80 Å². The van der Waals surface area contributed by atoms with Crippen molar-refractivity contribution in [2.24, 2.45) is 5.92 Å². The first-order valence-corrected chi connectivity index (χ1v) is 11.1. The minimum absolute atomic E-state index is 0. The van der Waals surface area contributed by atoms with Gasteiger partial charge in [-0.3, -0.25) is 0 Å². The molecule has 0 saturated heterocycles. The molecular weight excluding hydrogens is 394 g/mol. The van der Waals surface area contributed by atoms with Gasteiger partial charge in [0, 0.05) is 0 Å². The van der Waals surface area contributed by atoms with Gasteiger partial charge in [0.25, 0.3) is 0 Å². The van der Waals surface area contributed by atoms with Crippen molar-refractivity contribution in [2.75, 3.05) is 21.1 Å². The average Bonchev–Trinajstić information content (AvgIpc) is 2.81. The summed E-state index contributed by atoms with van der Waals surface area (Å²) in [6.45, 7) is 2.10. The third kappa shape index (κ3) is 7.82. The molecule has 33 heavy (non-hydrogen) atoms. The zero-order valence-corrected chi connectivity index (χ0v) is 21.1. The minimum Gasteiger partial charge on any atom is -0.841 e. The van der Waals surface area contributed by atoms with Gasteiger partial charge in [0.2, 0.25) is 0 Å². The van der Waals surface area contributed by atoms with Gasteiger partial charge >= 0.3 is 37.7 Å². The molecule has 0 radical (unpaired) electrons. The fraction of sp³-hybridized carbons (Fsp3) is 0.321. The first kappa shape index (κ1) is 29.6. The van der Waals surface area contributed by atoms with E-state index in [0.717, 1.165) is 17.5 Å². The van der Waals surface area contributed by atoms with Crippen LogP contribution < -0.4 is 42.8 Å². The first-order chi connectivity index (χ1) is 15.0. The number of hydrogen-bond acceptors (Lipinski definition) is 3. The Bertz CT molecular complexity index is 894. The molecule has 3 aromatic rings. The van der Waals surface area contributed by atoms with Crippen molar-refractivity contribution < 1.29 is 42.8 Å². The van der Waals surface area contributed by atoms with Crippen LogP contribution in [0, 0.1) is 12.3 Å². The molecule has 0 amide bonds. The van der Waals surface area contributed by atoms with Crippen LogP contribution in [0.1, 0.15) is 42.1 Å². The summed E-state index contributed by atoms with van der Waals surface area (Å²) < 4.78 is 0. The van der Waals surface area contributed by atoms with Crippen LogP contribution in [0.2, 0.25) is 0 Å². The largest absolute Gasteiger partial charge is 1.00 e. The number of likely N-dealkylation sites (N-methyl/N-ethyl adjacent to an activating group) is 2. The number of nitrogens with zero attached hydrogens (tertiary/aromatic N) is 2. The van der Waals surface area contributed by atoms with E-state index in [2.05, 4.69) is 93.0 Å². The molecule has 0 spiro atoms. The van der Waals surface area contributed by atoms with Gasteiger partial charge in [0.1, 0.15) is 0 Å². The third-order valence-corrected chi connectivity index (χ3v) is 6.02. The Morgan fingerprint density at radius 2 is 1.12 bits per heavy atom. The van der Waals surface area contributed by atoms with Crippen molar-refractivity contribution in [3.8, 4) is 0 Å². The molecule has 2 unspecified atom stereocenters. The molecule has 0 aromatic heterocycles. The van der Waals surface area contributed by atoms with Crippen LogP contribution >= 0.6 is 0 Å². The van der Waals surface area contributed by atoms with E-state index in [-0.39, 0.29) is 55.7 Å². The van der Waals surface area contributed by atoms with E-state index in [9.17, 15) is 5.11 Å². The molecule has 164 valence electrons. The van der Waals surface area contributed by atoms with Crippen molar-refractivity contribution in [3.63, 3.8) is 0 Å². The summed E-state index contributed by atoms with van der Waals surface area (Å²) in [5, 5.41) is 13.8. The normalized spacial score (nSPS) is 14.5. The summed E-state index contributed by atoms with van der Waals surface area (Å²) in [6, 6.07) is 31.1. The van der Waals surface area contributed by atoms with Crippen molar-refractivity contribution >= 4 is 0 Å². The van der Waals surface area contributed by atoms with Gasteiger partial charge in [-0.05, 0) is 32.3 Å². The fourth-order valence-electron chi connectivity index (χ4n) is 4.38. The summed E-state index contributed by atoms with van der Waals surface area (Å²) in [6.07, 6.45) is 2.07. The molecule has 4 atom stereocenters. The quantitative estimate of drug-likeness (QED) is 0.234. The predicted octanol–water partition coefficient (Wildman–Crippen LogP) is -1.06. The number of hydrogen-bond donors (Lipinski definition) is 0. The summed E-state index contributed by atoms with van der Waals surface area (Å²) in [5.74, 6) is -0.0859. The van der Waals surface area contributed by atoms with Crippen molar-refractivity contribution in [1.29, 1.82) is 0 Å². The van der Waals surface area contributed by atoms with Gasteiger partial charge in [-0.15, -0.1) is 12.1 Å². The van der Waals surface area contributed by atoms with Gasteiger partial charge in [-0.2, -0.15) is 24.1 Å². The maximum Gasteiger partial charge on any atom is 1.00 e. The molecule has 5 heteroatoms. The van der Waals surface area contributed by atoms with Crippen LogP contribution in [0.4, 0.5) is 0 Å². The zero-order chi connectivity index (χ0) is 22.2. The Hall–Kier alpha value is -1.40. The van der Waals surface area contributed by atoms with Gasteiger partial charge in [0.05, 0.1) is 12.1 Å². The van der Waals surface area contributed by atoms with E-state index >= 15 is 0 Å². The van der Waals surface area contributed by atoms with E-state index in [1.54, 1.807) is 0 Å². The molecule has 0 heterocycles. The second-order valence-electron chi connectivity index (χ2n) is 8.38. The number of benzene rings is 3. The SMILES string of the molecule is CCC([CH-]c1ccccc1)C([O-])N(C)[C@H](c1ccccc1)[C@@H](c1ccccc1)N(C)C.[Li+].[Li+]. The Labute approximate surface area is 224 Å². The average molecular weight is 428 g/mol.